The second kappa shape index (κ2) is 3.25. The molecule has 0 bridgehead atoms. The van der Waals surface area contributed by atoms with Crippen molar-refractivity contribution in [1.82, 2.24) is 0 Å². The molecule has 1 rings (SSSR count). The third kappa shape index (κ3) is 2.01. The van der Waals surface area contributed by atoms with Gasteiger partial charge in [-0.3, -0.25) is 0 Å². The maximum Gasteiger partial charge on any atom is 0.118 e. The van der Waals surface area contributed by atoms with Crippen molar-refractivity contribution in [3.63, 3.8) is 0 Å². The number of alkyl halides is 1. The van der Waals surface area contributed by atoms with Crippen LogP contribution < -0.4 is 0 Å². The van der Waals surface area contributed by atoms with E-state index in [1.165, 1.54) is 0 Å². The highest BCUT2D eigenvalue weighted by atomic mass is 32.2. The summed E-state index contributed by atoms with van der Waals surface area (Å²) in [5.41, 5.74) is 0. The topological polar surface area (TPSA) is 0 Å². The van der Waals surface area contributed by atoms with Crippen molar-refractivity contribution in [1.29, 1.82) is 0 Å². The van der Waals surface area contributed by atoms with Crippen LogP contribution in [0.2, 0.25) is 0 Å². The molecule has 0 aromatic rings. The first kappa shape index (κ1) is 7.13. The molecule has 52 valence electrons. The Kier molecular flexibility index (Phi) is 2.58. The first-order chi connectivity index (χ1) is 4.33. The monoisotopic (exact) mass is 146 g/mol. The quantitative estimate of drug-likeness (QED) is 0.512. The summed E-state index contributed by atoms with van der Waals surface area (Å²) < 4.78 is 12.4. The number of hydrogen-bond donors (Lipinski definition) is 0. The van der Waals surface area contributed by atoms with E-state index in [2.05, 4.69) is 6.26 Å². The van der Waals surface area contributed by atoms with Crippen molar-refractivity contribution in [2.75, 3.05) is 6.26 Å². The molecule has 0 saturated heterocycles. The highest BCUT2D eigenvalue weighted by molar-refractivity contribution is 7.99. The Bertz CT molecular complexity index is 111. The molecule has 2 unspecified atom stereocenters. The lowest BCUT2D eigenvalue weighted by Crippen LogP contribution is -2.09. The van der Waals surface area contributed by atoms with Crippen LogP contribution in [0.5, 0.6) is 0 Å². The molecule has 2 atom stereocenters. The molecule has 2 heteroatoms. The number of rotatable bonds is 1. The minimum Gasteiger partial charge on any atom is -0.243 e. The van der Waals surface area contributed by atoms with Gasteiger partial charge >= 0.3 is 0 Å². The molecule has 0 nitrogen and oxygen atoms in total. The maximum atomic E-state index is 12.4. The van der Waals surface area contributed by atoms with E-state index in [1.807, 2.05) is 6.08 Å². The van der Waals surface area contributed by atoms with Crippen LogP contribution in [0.4, 0.5) is 4.39 Å². The van der Waals surface area contributed by atoms with E-state index in [0.29, 0.717) is 11.7 Å². The Hall–Kier alpha value is 0.0200. The summed E-state index contributed by atoms with van der Waals surface area (Å²) in [6, 6.07) is 0. The van der Waals surface area contributed by atoms with Gasteiger partial charge in [-0.15, -0.1) is 0 Å². The molecule has 0 heterocycles. The van der Waals surface area contributed by atoms with Crippen molar-refractivity contribution >= 4 is 11.8 Å². The lowest BCUT2D eigenvalue weighted by Gasteiger charge is -2.15. The predicted octanol–water partition coefficient (Wildman–Crippen LogP) is 2.41. The Morgan fingerprint density at radius 2 is 2.22 bits per heavy atom. The van der Waals surface area contributed by atoms with E-state index in [4.69, 9.17) is 0 Å². The summed E-state index contributed by atoms with van der Waals surface area (Å²) in [6.45, 7) is 0. The van der Waals surface area contributed by atoms with E-state index in [9.17, 15) is 4.39 Å². The average Bonchev–Trinajstić information content (AvgIpc) is 1.90. The zero-order valence-corrected chi connectivity index (χ0v) is 6.33. The predicted molar refractivity (Wildman–Crippen MR) is 40.6 cm³/mol. The molecular formula is C7H11FS. The zero-order chi connectivity index (χ0) is 6.69. The smallest absolute Gasteiger partial charge is 0.118 e. The summed E-state index contributed by atoms with van der Waals surface area (Å²) in [7, 11) is 0. The Balaban J connectivity index is 2.38. The maximum absolute atomic E-state index is 12.4. The van der Waals surface area contributed by atoms with E-state index in [1.54, 1.807) is 17.8 Å². The second-order valence-electron chi connectivity index (χ2n) is 2.25. The van der Waals surface area contributed by atoms with Gasteiger partial charge in [-0.1, -0.05) is 12.2 Å². The van der Waals surface area contributed by atoms with Gasteiger partial charge in [0.05, 0.1) is 0 Å². The first-order valence-electron chi connectivity index (χ1n) is 3.18. The van der Waals surface area contributed by atoms with Gasteiger partial charge in [0.2, 0.25) is 0 Å². The van der Waals surface area contributed by atoms with E-state index >= 15 is 0 Å². The van der Waals surface area contributed by atoms with Crippen molar-refractivity contribution in [3.8, 4) is 0 Å². The largest absolute Gasteiger partial charge is 0.243 e. The second-order valence-corrected chi connectivity index (χ2v) is 3.33. The fourth-order valence-electron chi connectivity index (χ4n) is 0.957. The van der Waals surface area contributed by atoms with E-state index in [0.717, 1.165) is 6.42 Å². The lowest BCUT2D eigenvalue weighted by atomic mass is 10.1. The molecule has 0 saturated carbocycles. The summed E-state index contributed by atoms with van der Waals surface area (Å²) in [4.78, 5) is 0. The molecule has 0 amide bonds. The number of thioether (sulfide) groups is 1. The Morgan fingerprint density at radius 1 is 1.44 bits per heavy atom. The lowest BCUT2D eigenvalue weighted by molar-refractivity contribution is 0.363. The minimum atomic E-state index is -0.673. The minimum absolute atomic E-state index is 0.567. The van der Waals surface area contributed by atoms with Gasteiger partial charge in [-0.25, -0.2) is 4.39 Å². The van der Waals surface area contributed by atoms with Crippen molar-refractivity contribution in [3.05, 3.63) is 12.2 Å². The molecule has 1 aliphatic carbocycles. The summed E-state index contributed by atoms with van der Waals surface area (Å²) in [5.74, 6) is 0. The van der Waals surface area contributed by atoms with Crippen LogP contribution in [0.25, 0.3) is 0 Å². The summed E-state index contributed by atoms with van der Waals surface area (Å²) in [5, 5.41) is 0.567. The highest BCUT2D eigenvalue weighted by Crippen LogP contribution is 2.22. The van der Waals surface area contributed by atoms with Crippen LogP contribution in [0, 0.1) is 0 Å². The molecule has 9 heavy (non-hydrogen) atoms. The average molecular weight is 146 g/mol. The SMILES string of the molecule is CSC1C=CC(F)CC1. The molecule has 0 aromatic heterocycles. The molecule has 0 N–H and O–H groups in total. The summed E-state index contributed by atoms with van der Waals surface area (Å²) in [6.07, 6.45) is 6.74. The highest BCUT2D eigenvalue weighted by Gasteiger charge is 2.12. The first-order valence-corrected chi connectivity index (χ1v) is 4.47. The van der Waals surface area contributed by atoms with Gasteiger partial charge in [-0.05, 0) is 19.1 Å². The van der Waals surface area contributed by atoms with Gasteiger partial charge in [0, 0.05) is 5.25 Å². The van der Waals surface area contributed by atoms with Gasteiger partial charge in [0.1, 0.15) is 6.17 Å². The number of hydrogen-bond acceptors (Lipinski definition) is 1. The molecule has 0 spiro atoms. The number of allylic oxidation sites excluding steroid dienone is 1. The van der Waals surface area contributed by atoms with Crippen LogP contribution in [-0.4, -0.2) is 17.7 Å². The molecule has 0 fully saturated rings. The van der Waals surface area contributed by atoms with Crippen molar-refractivity contribution < 1.29 is 4.39 Å². The Morgan fingerprint density at radius 3 is 2.67 bits per heavy atom. The summed E-state index contributed by atoms with van der Waals surface area (Å²) >= 11 is 1.79. The zero-order valence-electron chi connectivity index (χ0n) is 5.51. The van der Waals surface area contributed by atoms with Crippen molar-refractivity contribution in [2.24, 2.45) is 0 Å². The fourth-order valence-corrected chi connectivity index (χ4v) is 1.58. The third-order valence-electron chi connectivity index (χ3n) is 1.56. The molecular weight excluding hydrogens is 135 g/mol. The fraction of sp³-hybridized carbons (Fsp3) is 0.714. The van der Waals surface area contributed by atoms with Gasteiger partial charge in [-0.2, -0.15) is 11.8 Å². The van der Waals surface area contributed by atoms with Crippen molar-refractivity contribution in [2.45, 2.75) is 24.3 Å². The van der Waals surface area contributed by atoms with Crippen LogP contribution >= 0.6 is 11.8 Å². The molecule has 0 aromatic carbocycles. The van der Waals surface area contributed by atoms with Crippen LogP contribution in [0.3, 0.4) is 0 Å². The Labute approximate surface area is 59.5 Å². The van der Waals surface area contributed by atoms with Crippen LogP contribution in [-0.2, 0) is 0 Å². The molecule has 0 aliphatic heterocycles. The molecule has 0 radical (unpaired) electrons. The van der Waals surface area contributed by atoms with E-state index in [-0.39, 0.29) is 0 Å². The number of halogens is 1. The standard InChI is InChI=1S/C7H11FS/c1-9-7-4-2-6(8)3-5-7/h2,4,6-7H,3,5H2,1H3. The molecule has 1 aliphatic rings. The van der Waals surface area contributed by atoms with Gasteiger partial charge in [0.25, 0.3) is 0 Å². The van der Waals surface area contributed by atoms with Gasteiger partial charge < -0.3 is 0 Å². The van der Waals surface area contributed by atoms with Gasteiger partial charge in [0.15, 0.2) is 0 Å². The van der Waals surface area contributed by atoms with Crippen LogP contribution in [0.1, 0.15) is 12.8 Å². The van der Waals surface area contributed by atoms with Crippen LogP contribution in [0.15, 0.2) is 12.2 Å². The third-order valence-corrected chi connectivity index (χ3v) is 2.56. The normalized spacial score (nSPS) is 34.9. The van der Waals surface area contributed by atoms with E-state index < -0.39 is 6.17 Å².